The van der Waals surface area contributed by atoms with Gasteiger partial charge in [0.2, 0.25) is 0 Å². The van der Waals surface area contributed by atoms with E-state index < -0.39 is 16.0 Å². The zero-order valence-electron chi connectivity index (χ0n) is 11.1. The molecule has 2 heterocycles. The van der Waals surface area contributed by atoms with Crippen molar-refractivity contribution < 1.29 is 17.9 Å². The Hall–Kier alpha value is -1.87. The van der Waals surface area contributed by atoms with Crippen molar-refractivity contribution in [1.82, 2.24) is 9.78 Å². The molecule has 0 aliphatic carbocycles. The van der Waals surface area contributed by atoms with Crippen molar-refractivity contribution in [2.45, 2.75) is 11.9 Å². The van der Waals surface area contributed by atoms with Crippen LogP contribution in [0.1, 0.15) is 15.2 Å². The van der Waals surface area contributed by atoms with E-state index in [1.807, 2.05) is 0 Å². The number of rotatable bonds is 4. The highest BCUT2D eigenvalue weighted by atomic mass is 32.2. The van der Waals surface area contributed by atoms with E-state index in [-0.39, 0.29) is 15.6 Å². The van der Waals surface area contributed by atoms with E-state index in [0.29, 0.717) is 5.56 Å². The summed E-state index contributed by atoms with van der Waals surface area (Å²) in [5.41, 5.74) is 0.893. The van der Waals surface area contributed by atoms with Gasteiger partial charge in [0.25, 0.3) is 10.0 Å². The molecule has 0 aliphatic rings. The maximum absolute atomic E-state index is 12.3. The van der Waals surface area contributed by atoms with E-state index in [2.05, 4.69) is 14.6 Å². The number of thiophene rings is 1. The molecule has 2 aromatic rings. The van der Waals surface area contributed by atoms with Gasteiger partial charge >= 0.3 is 5.97 Å². The molecule has 0 radical (unpaired) electrons. The van der Waals surface area contributed by atoms with Crippen molar-refractivity contribution in [3.63, 3.8) is 0 Å². The molecule has 0 aromatic carbocycles. The fraction of sp³-hybridized carbons (Fsp3) is 0.273. The first-order valence-corrected chi connectivity index (χ1v) is 7.90. The molecule has 0 fully saturated rings. The summed E-state index contributed by atoms with van der Waals surface area (Å²) >= 11 is 1.13. The quantitative estimate of drug-likeness (QED) is 0.861. The van der Waals surface area contributed by atoms with Crippen LogP contribution in [-0.4, -0.2) is 31.3 Å². The topological polar surface area (TPSA) is 90.3 Å². The van der Waals surface area contributed by atoms with Crippen LogP contribution in [0.3, 0.4) is 0 Å². The summed E-state index contributed by atoms with van der Waals surface area (Å²) < 4.78 is 32.8. The second-order valence-corrected chi connectivity index (χ2v) is 6.52. The lowest BCUT2D eigenvalue weighted by atomic mass is 10.3. The largest absolute Gasteiger partial charge is 0.465 e. The number of carbonyl (C=O) groups excluding carboxylic acids is 1. The van der Waals surface area contributed by atoms with Gasteiger partial charge in [0, 0.05) is 7.05 Å². The average molecular weight is 315 g/mol. The predicted octanol–water partition coefficient (Wildman–Crippen LogP) is 1.38. The average Bonchev–Trinajstić information content (AvgIpc) is 2.96. The van der Waals surface area contributed by atoms with E-state index >= 15 is 0 Å². The van der Waals surface area contributed by atoms with Gasteiger partial charge in [-0.3, -0.25) is 9.40 Å². The zero-order chi connectivity index (χ0) is 14.9. The number of hydrogen-bond acceptors (Lipinski definition) is 6. The molecule has 2 rings (SSSR count). The van der Waals surface area contributed by atoms with Crippen LogP contribution in [0.25, 0.3) is 0 Å². The predicted molar refractivity (Wildman–Crippen MR) is 74.4 cm³/mol. The van der Waals surface area contributed by atoms with Crippen LogP contribution in [0, 0.1) is 6.92 Å². The first-order valence-electron chi connectivity index (χ1n) is 5.54. The van der Waals surface area contributed by atoms with Crippen molar-refractivity contribution in [2.24, 2.45) is 7.05 Å². The minimum absolute atomic E-state index is 0.0129. The molecule has 0 saturated carbocycles. The molecule has 0 atom stereocenters. The van der Waals surface area contributed by atoms with Crippen molar-refractivity contribution in [1.29, 1.82) is 0 Å². The number of hydrogen-bond donors (Lipinski definition) is 1. The first-order chi connectivity index (χ1) is 9.36. The Morgan fingerprint density at radius 2 is 2.20 bits per heavy atom. The summed E-state index contributed by atoms with van der Waals surface area (Å²) in [6, 6.07) is 1.38. The van der Waals surface area contributed by atoms with Gasteiger partial charge in [0.15, 0.2) is 5.03 Å². The van der Waals surface area contributed by atoms with Gasteiger partial charge in [0.05, 0.1) is 19.0 Å². The van der Waals surface area contributed by atoms with Gasteiger partial charge in [-0.25, -0.2) is 4.79 Å². The van der Waals surface area contributed by atoms with Gasteiger partial charge in [-0.15, -0.1) is 11.3 Å². The number of esters is 1. The molecule has 9 heteroatoms. The molecule has 0 saturated heterocycles. The van der Waals surface area contributed by atoms with Crippen LogP contribution in [0.4, 0.5) is 5.69 Å². The number of sulfonamides is 1. The van der Waals surface area contributed by atoms with Gasteiger partial charge < -0.3 is 4.74 Å². The van der Waals surface area contributed by atoms with Crippen LogP contribution in [-0.2, 0) is 21.8 Å². The van der Waals surface area contributed by atoms with Gasteiger partial charge in [-0.2, -0.15) is 13.5 Å². The first kappa shape index (κ1) is 14.5. The highest BCUT2D eigenvalue weighted by Crippen LogP contribution is 2.30. The smallest absolute Gasteiger partial charge is 0.350 e. The Balaban J connectivity index is 2.43. The number of nitrogens with zero attached hydrogens (tertiary/aromatic N) is 2. The molecule has 0 spiro atoms. The summed E-state index contributed by atoms with van der Waals surface area (Å²) in [6.45, 7) is 1.71. The molecule has 0 bridgehead atoms. The summed E-state index contributed by atoms with van der Waals surface area (Å²) in [7, 11) is -1.04. The van der Waals surface area contributed by atoms with E-state index in [1.54, 1.807) is 12.3 Å². The molecule has 20 heavy (non-hydrogen) atoms. The van der Waals surface area contributed by atoms with Crippen LogP contribution in [0.2, 0.25) is 0 Å². The molecule has 1 N–H and O–H groups in total. The molecule has 0 amide bonds. The van der Waals surface area contributed by atoms with Gasteiger partial charge in [0.1, 0.15) is 4.88 Å². The summed E-state index contributed by atoms with van der Waals surface area (Å²) in [6.07, 6.45) is 1.39. The lowest BCUT2D eigenvalue weighted by Gasteiger charge is -2.09. The molecule has 108 valence electrons. The fourth-order valence-electron chi connectivity index (χ4n) is 1.63. The number of aryl methyl sites for hydroxylation is 2. The van der Waals surface area contributed by atoms with Gasteiger partial charge in [-0.05, 0) is 23.9 Å². The molecule has 0 unspecified atom stereocenters. The number of ether oxygens (including phenoxy) is 1. The van der Waals surface area contributed by atoms with Crippen molar-refractivity contribution >= 4 is 33.0 Å². The highest BCUT2D eigenvalue weighted by Gasteiger charge is 2.24. The SMILES string of the molecule is COC(=O)c1scc(C)c1NS(=O)(=O)c1ccnn1C. The molecular formula is C11H13N3O4S2. The Bertz CT molecular complexity index is 746. The van der Waals surface area contributed by atoms with E-state index in [0.717, 1.165) is 11.3 Å². The summed E-state index contributed by atoms with van der Waals surface area (Å²) in [5.74, 6) is -0.578. The third kappa shape index (κ3) is 2.54. The minimum atomic E-state index is -3.81. The zero-order valence-corrected chi connectivity index (χ0v) is 12.7. The third-order valence-corrected chi connectivity index (χ3v) is 5.14. The second kappa shape index (κ2) is 5.25. The van der Waals surface area contributed by atoms with Crippen molar-refractivity contribution in [2.75, 3.05) is 11.8 Å². The van der Waals surface area contributed by atoms with E-state index in [4.69, 9.17) is 0 Å². The number of nitrogens with one attached hydrogen (secondary N) is 1. The Morgan fingerprint density at radius 3 is 2.75 bits per heavy atom. The maximum Gasteiger partial charge on any atom is 0.350 e. The number of aromatic nitrogens is 2. The van der Waals surface area contributed by atoms with Crippen LogP contribution in [0.5, 0.6) is 0 Å². The summed E-state index contributed by atoms with van der Waals surface area (Å²) in [4.78, 5) is 11.8. The summed E-state index contributed by atoms with van der Waals surface area (Å²) in [5, 5.41) is 5.52. The highest BCUT2D eigenvalue weighted by molar-refractivity contribution is 7.92. The molecule has 2 aromatic heterocycles. The monoisotopic (exact) mass is 315 g/mol. The van der Waals surface area contributed by atoms with E-state index in [1.165, 1.54) is 31.1 Å². The number of carbonyl (C=O) groups is 1. The van der Waals surface area contributed by atoms with Crippen molar-refractivity contribution in [3.8, 4) is 0 Å². The Kier molecular flexibility index (Phi) is 3.82. The van der Waals surface area contributed by atoms with Gasteiger partial charge in [-0.1, -0.05) is 0 Å². The van der Waals surface area contributed by atoms with Crippen LogP contribution in [0.15, 0.2) is 22.7 Å². The second-order valence-electron chi connectivity index (χ2n) is 4.01. The fourth-order valence-corrected chi connectivity index (χ4v) is 3.88. The standard InChI is InChI=1S/C11H13N3O4S2/c1-7-6-19-10(11(15)18-3)9(7)13-20(16,17)8-4-5-12-14(8)2/h4-6,13H,1-3H3. The van der Waals surface area contributed by atoms with E-state index in [9.17, 15) is 13.2 Å². The lowest BCUT2D eigenvalue weighted by molar-refractivity contribution is 0.0607. The third-order valence-electron chi connectivity index (χ3n) is 2.63. The van der Waals surface area contributed by atoms with Crippen molar-refractivity contribution in [3.05, 3.63) is 28.1 Å². The Labute approximate surface area is 120 Å². The number of anilines is 1. The van der Waals surface area contributed by atoms with Crippen LogP contribution < -0.4 is 4.72 Å². The van der Waals surface area contributed by atoms with Crippen LogP contribution >= 0.6 is 11.3 Å². The molecular weight excluding hydrogens is 302 g/mol. The normalized spacial score (nSPS) is 11.3. The number of methoxy groups -OCH3 is 1. The maximum atomic E-state index is 12.3. The molecule has 7 nitrogen and oxygen atoms in total. The minimum Gasteiger partial charge on any atom is -0.465 e. The Morgan fingerprint density at radius 1 is 1.50 bits per heavy atom. The molecule has 0 aliphatic heterocycles. The lowest BCUT2D eigenvalue weighted by Crippen LogP contribution is -2.18.